The molecule has 1 rings (SSSR count). The highest BCUT2D eigenvalue weighted by Gasteiger charge is 2.22. The van der Waals surface area contributed by atoms with Crippen molar-refractivity contribution >= 4 is 23.2 Å². The largest absolute Gasteiger partial charge is 0.385 e. The minimum Gasteiger partial charge on any atom is -0.385 e. The maximum absolute atomic E-state index is 12.6. The van der Waals surface area contributed by atoms with E-state index in [4.69, 9.17) is 4.74 Å². The third kappa shape index (κ3) is 6.03. The van der Waals surface area contributed by atoms with Crippen LogP contribution in [0, 0.1) is 10.1 Å². The molecule has 0 bridgehead atoms. The number of methoxy groups -OCH3 is 1. The molecule has 1 aromatic carbocycles. The molecule has 0 unspecified atom stereocenters. The molecule has 0 radical (unpaired) electrons. The van der Waals surface area contributed by atoms with Crippen molar-refractivity contribution in [3.05, 3.63) is 33.9 Å². The lowest BCUT2D eigenvalue weighted by Gasteiger charge is -2.21. The van der Waals surface area contributed by atoms with Crippen molar-refractivity contribution in [2.45, 2.75) is 6.42 Å². The number of nitro groups is 1. The molecule has 9 nitrogen and oxygen atoms in total. The molecular formula is C16H24N4O5. The highest BCUT2D eigenvalue weighted by Crippen LogP contribution is 2.25. The molecular weight excluding hydrogens is 328 g/mol. The number of non-ortho nitro benzene ring substituents is 1. The summed E-state index contributed by atoms with van der Waals surface area (Å²) >= 11 is 0. The topological polar surface area (TPSA) is 105 Å². The van der Waals surface area contributed by atoms with Crippen molar-refractivity contribution in [2.75, 3.05) is 52.8 Å². The Morgan fingerprint density at radius 3 is 2.52 bits per heavy atom. The van der Waals surface area contributed by atoms with Crippen molar-refractivity contribution in [2.24, 2.45) is 0 Å². The van der Waals surface area contributed by atoms with Crippen LogP contribution >= 0.6 is 0 Å². The first-order chi connectivity index (χ1) is 11.8. The molecule has 0 aliphatic rings. The van der Waals surface area contributed by atoms with Gasteiger partial charge in [-0.2, -0.15) is 0 Å². The molecule has 0 saturated heterocycles. The van der Waals surface area contributed by atoms with Gasteiger partial charge in [0.2, 0.25) is 5.91 Å². The SMILES string of the molecule is COCCCNC(=O)CN(C)C(=O)c1cc([N+](=O)[O-])ccc1N(C)C. The van der Waals surface area contributed by atoms with Gasteiger partial charge >= 0.3 is 0 Å². The summed E-state index contributed by atoms with van der Waals surface area (Å²) in [7, 11) is 6.53. The zero-order valence-electron chi connectivity index (χ0n) is 14.9. The van der Waals surface area contributed by atoms with E-state index in [1.54, 1.807) is 26.1 Å². The minimum absolute atomic E-state index is 0.138. The van der Waals surface area contributed by atoms with E-state index in [1.807, 2.05) is 0 Å². The summed E-state index contributed by atoms with van der Waals surface area (Å²) in [5.41, 5.74) is 0.545. The van der Waals surface area contributed by atoms with Crippen molar-refractivity contribution in [3.63, 3.8) is 0 Å². The zero-order valence-corrected chi connectivity index (χ0v) is 14.9. The summed E-state index contributed by atoms with van der Waals surface area (Å²) < 4.78 is 4.89. The van der Waals surface area contributed by atoms with Gasteiger partial charge in [0, 0.05) is 59.2 Å². The van der Waals surface area contributed by atoms with Crippen molar-refractivity contribution in [3.8, 4) is 0 Å². The fraction of sp³-hybridized carbons (Fsp3) is 0.500. The number of likely N-dealkylation sites (N-methyl/N-ethyl adjacent to an activating group) is 1. The van der Waals surface area contributed by atoms with Crippen molar-refractivity contribution in [1.29, 1.82) is 0 Å². The fourth-order valence-corrected chi connectivity index (χ4v) is 2.19. The highest BCUT2D eigenvalue weighted by atomic mass is 16.6. The van der Waals surface area contributed by atoms with Crippen LogP contribution in [0.15, 0.2) is 18.2 Å². The number of benzene rings is 1. The highest BCUT2D eigenvalue weighted by molar-refractivity contribution is 6.01. The third-order valence-electron chi connectivity index (χ3n) is 3.48. The predicted octanol–water partition coefficient (Wildman–Crippen LogP) is 0.886. The van der Waals surface area contributed by atoms with Crippen LogP contribution in [0.1, 0.15) is 16.8 Å². The Morgan fingerprint density at radius 2 is 1.96 bits per heavy atom. The maximum Gasteiger partial charge on any atom is 0.270 e. The molecule has 0 aliphatic carbocycles. The Bertz CT molecular complexity index is 633. The second kappa shape index (κ2) is 9.58. The van der Waals surface area contributed by atoms with Gasteiger partial charge in [0.05, 0.1) is 17.0 Å². The van der Waals surface area contributed by atoms with Gasteiger partial charge in [-0.25, -0.2) is 0 Å². The number of anilines is 1. The minimum atomic E-state index is -0.557. The Labute approximate surface area is 146 Å². The number of nitrogens with zero attached hydrogens (tertiary/aromatic N) is 3. The molecule has 1 N–H and O–H groups in total. The molecule has 0 heterocycles. The van der Waals surface area contributed by atoms with E-state index in [0.29, 0.717) is 25.3 Å². The number of ether oxygens (including phenoxy) is 1. The molecule has 0 atom stereocenters. The van der Waals surface area contributed by atoms with E-state index < -0.39 is 10.8 Å². The van der Waals surface area contributed by atoms with Crippen LogP contribution in [0.3, 0.4) is 0 Å². The second-order valence-corrected chi connectivity index (χ2v) is 5.71. The number of hydrogen-bond acceptors (Lipinski definition) is 6. The molecule has 9 heteroatoms. The molecule has 0 spiro atoms. The average molecular weight is 352 g/mol. The van der Waals surface area contributed by atoms with E-state index in [0.717, 1.165) is 0 Å². The smallest absolute Gasteiger partial charge is 0.270 e. The van der Waals surface area contributed by atoms with Gasteiger partial charge in [-0.05, 0) is 12.5 Å². The Balaban J connectivity index is 2.85. The molecule has 0 saturated carbocycles. The van der Waals surface area contributed by atoms with Gasteiger partial charge in [0.15, 0.2) is 0 Å². The number of amides is 2. The van der Waals surface area contributed by atoms with E-state index in [-0.39, 0.29) is 23.7 Å². The molecule has 0 aliphatic heterocycles. The fourth-order valence-electron chi connectivity index (χ4n) is 2.19. The summed E-state index contributed by atoms with van der Waals surface area (Å²) in [6, 6.07) is 4.09. The second-order valence-electron chi connectivity index (χ2n) is 5.71. The first kappa shape index (κ1) is 20.4. The van der Waals surface area contributed by atoms with Gasteiger partial charge in [-0.1, -0.05) is 0 Å². The first-order valence-corrected chi connectivity index (χ1v) is 7.74. The lowest BCUT2D eigenvalue weighted by molar-refractivity contribution is -0.384. The van der Waals surface area contributed by atoms with Crippen LogP contribution in [-0.4, -0.2) is 69.6 Å². The van der Waals surface area contributed by atoms with Crippen LogP contribution in [-0.2, 0) is 9.53 Å². The molecule has 1 aromatic rings. The number of rotatable bonds is 9. The summed E-state index contributed by atoms with van der Waals surface area (Å²) in [5, 5.41) is 13.7. The van der Waals surface area contributed by atoms with Crippen molar-refractivity contribution < 1.29 is 19.2 Å². The zero-order chi connectivity index (χ0) is 19.0. The molecule has 2 amide bonds. The van der Waals surface area contributed by atoms with E-state index >= 15 is 0 Å². The molecule has 0 aromatic heterocycles. The summed E-state index contributed by atoms with van der Waals surface area (Å²) in [6.45, 7) is 0.852. The van der Waals surface area contributed by atoms with E-state index in [2.05, 4.69) is 5.32 Å². The van der Waals surface area contributed by atoms with E-state index in [1.165, 1.54) is 30.1 Å². The predicted molar refractivity (Wildman–Crippen MR) is 93.9 cm³/mol. The normalized spacial score (nSPS) is 10.2. The molecule has 25 heavy (non-hydrogen) atoms. The summed E-state index contributed by atoms with van der Waals surface area (Å²) in [4.78, 5) is 37.9. The quantitative estimate of drug-likeness (QED) is 0.402. The monoisotopic (exact) mass is 352 g/mol. The maximum atomic E-state index is 12.6. The number of carbonyl (C=O) groups is 2. The van der Waals surface area contributed by atoms with Gasteiger partial charge in [-0.15, -0.1) is 0 Å². The molecule has 0 fully saturated rings. The Morgan fingerprint density at radius 1 is 1.28 bits per heavy atom. The third-order valence-corrected chi connectivity index (χ3v) is 3.48. The number of nitrogens with one attached hydrogen (secondary N) is 1. The summed E-state index contributed by atoms with van der Waals surface area (Å²) in [5.74, 6) is -0.761. The molecule has 138 valence electrons. The number of nitro benzene ring substituents is 1. The van der Waals surface area contributed by atoms with Crippen LogP contribution in [0.5, 0.6) is 0 Å². The van der Waals surface area contributed by atoms with Crippen LogP contribution in [0.2, 0.25) is 0 Å². The van der Waals surface area contributed by atoms with Crippen LogP contribution in [0.4, 0.5) is 11.4 Å². The number of hydrogen-bond donors (Lipinski definition) is 1. The Kier molecular flexibility index (Phi) is 7.80. The first-order valence-electron chi connectivity index (χ1n) is 7.74. The number of carbonyl (C=O) groups excluding carboxylic acids is 2. The lowest BCUT2D eigenvalue weighted by Crippen LogP contribution is -2.39. The van der Waals surface area contributed by atoms with Gasteiger partial charge in [-0.3, -0.25) is 19.7 Å². The average Bonchev–Trinajstić information content (AvgIpc) is 2.57. The van der Waals surface area contributed by atoms with Crippen LogP contribution < -0.4 is 10.2 Å². The van der Waals surface area contributed by atoms with Gasteiger partial charge in [0.25, 0.3) is 11.6 Å². The lowest BCUT2D eigenvalue weighted by atomic mass is 10.1. The van der Waals surface area contributed by atoms with Crippen molar-refractivity contribution in [1.82, 2.24) is 10.2 Å². The van der Waals surface area contributed by atoms with Gasteiger partial charge < -0.3 is 19.9 Å². The van der Waals surface area contributed by atoms with Crippen LogP contribution in [0.25, 0.3) is 0 Å². The summed E-state index contributed by atoms with van der Waals surface area (Å²) in [6.07, 6.45) is 0.676. The van der Waals surface area contributed by atoms with Gasteiger partial charge in [0.1, 0.15) is 0 Å². The standard InChI is InChI=1S/C16H24N4O5/c1-18(2)14-7-6-12(20(23)24)10-13(14)16(22)19(3)11-15(21)17-8-5-9-25-4/h6-7,10H,5,8-9,11H2,1-4H3,(H,17,21). The Hall–Kier alpha value is -2.68. The van der Waals surface area contributed by atoms with E-state index in [9.17, 15) is 19.7 Å².